The monoisotopic (exact) mass is 267 g/mol. The molecule has 0 radical (unpaired) electrons. The molecule has 1 saturated carbocycles. The summed E-state index contributed by atoms with van der Waals surface area (Å²) in [4.78, 5) is 4.20. The Morgan fingerprint density at radius 2 is 1.90 bits per heavy atom. The summed E-state index contributed by atoms with van der Waals surface area (Å²) in [6, 6.07) is 10.7. The summed E-state index contributed by atoms with van der Waals surface area (Å²) < 4.78 is 2.28. The zero-order chi connectivity index (χ0) is 13.4. The van der Waals surface area contributed by atoms with Crippen molar-refractivity contribution in [3.63, 3.8) is 0 Å². The Bertz CT molecular complexity index is 551. The molecular formula is C17H21N3. The van der Waals surface area contributed by atoms with E-state index in [1.54, 1.807) is 0 Å². The van der Waals surface area contributed by atoms with E-state index in [2.05, 4.69) is 45.3 Å². The van der Waals surface area contributed by atoms with Crippen LogP contribution in [-0.4, -0.2) is 21.6 Å². The number of hydrogen-bond donors (Lipinski definition) is 1. The van der Waals surface area contributed by atoms with Crippen molar-refractivity contribution in [2.24, 2.45) is 0 Å². The van der Waals surface area contributed by atoms with E-state index in [0.29, 0.717) is 18.1 Å². The van der Waals surface area contributed by atoms with Crippen LogP contribution in [0.25, 0.3) is 0 Å². The van der Waals surface area contributed by atoms with E-state index in [1.165, 1.54) is 43.2 Å². The Labute approximate surface area is 120 Å². The molecule has 0 aliphatic heterocycles. The van der Waals surface area contributed by atoms with Gasteiger partial charge in [-0.1, -0.05) is 24.3 Å². The lowest BCUT2D eigenvalue weighted by atomic mass is 10.1. The number of rotatable bonds is 3. The zero-order valence-corrected chi connectivity index (χ0v) is 11.7. The molecule has 0 bridgehead atoms. The largest absolute Gasteiger partial charge is 0.333 e. The topological polar surface area (TPSA) is 29.9 Å². The van der Waals surface area contributed by atoms with Crippen molar-refractivity contribution >= 4 is 0 Å². The first-order valence-electron chi connectivity index (χ1n) is 7.70. The summed E-state index contributed by atoms with van der Waals surface area (Å²) in [5.41, 5.74) is 3.06. The van der Waals surface area contributed by atoms with Crippen LogP contribution < -0.4 is 5.32 Å². The van der Waals surface area contributed by atoms with Crippen LogP contribution in [-0.2, 0) is 12.8 Å². The molecule has 3 nitrogen and oxygen atoms in total. The van der Waals surface area contributed by atoms with Crippen molar-refractivity contribution < 1.29 is 0 Å². The Kier molecular flexibility index (Phi) is 3.07. The predicted octanol–water partition coefficient (Wildman–Crippen LogP) is 2.73. The van der Waals surface area contributed by atoms with Crippen molar-refractivity contribution in [2.75, 3.05) is 0 Å². The third-order valence-corrected chi connectivity index (χ3v) is 4.89. The Balaban J connectivity index is 1.45. The van der Waals surface area contributed by atoms with Crippen molar-refractivity contribution in [2.45, 2.75) is 50.2 Å². The molecule has 20 heavy (non-hydrogen) atoms. The van der Waals surface area contributed by atoms with Gasteiger partial charge in [0.15, 0.2) is 0 Å². The summed E-state index contributed by atoms with van der Waals surface area (Å²) in [6.45, 7) is 0. The van der Waals surface area contributed by atoms with E-state index in [4.69, 9.17) is 0 Å². The highest BCUT2D eigenvalue weighted by molar-refractivity contribution is 5.33. The van der Waals surface area contributed by atoms with E-state index in [1.807, 2.05) is 12.5 Å². The van der Waals surface area contributed by atoms with Gasteiger partial charge in [-0.15, -0.1) is 0 Å². The van der Waals surface area contributed by atoms with Gasteiger partial charge >= 0.3 is 0 Å². The van der Waals surface area contributed by atoms with E-state index >= 15 is 0 Å². The van der Waals surface area contributed by atoms with Crippen LogP contribution in [0.4, 0.5) is 0 Å². The van der Waals surface area contributed by atoms with Crippen LogP contribution in [0.2, 0.25) is 0 Å². The molecule has 3 heteroatoms. The number of imidazole rings is 1. The van der Waals surface area contributed by atoms with E-state index < -0.39 is 0 Å². The highest BCUT2D eigenvalue weighted by atomic mass is 15.1. The highest BCUT2D eigenvalue weighted by Gasteiger charge is 2.31. The molecule has 1 N–H and O–H groups in total. The lowest BCUT2D eigenvalue weighted by molar-refractivity contribution is 0.354. The Morgan fingerprint density at radius 3 is 2.60 bits per heavy atom. The van der Waals surface area contributed by atoms with Crippen LogP contribution >= 0.6 is 0 Å². The quantitative estimate of drug-likeness (QED) is 0.926. The van der Waals surface area contributed by atoms with E-state index in [9.17, 15) is 0 Å². The molecule has 1 aromatic carbocycles. The van der Waals surface area contributed by atoms with Crippen molar-refractivity contribution in [1.82, 2.24) is 14.9 Å². The van der Waals surface area contributed by atoms with Gasteiger partial charge in [0.05, 0.1) is 6.33 Å². The maximum atomic E-state index is 4.20. The molecule has 2 aliphatic carbocycles. The lowest BCUT2D eigenvalue weighted by Crippen LogP contribution is -2.41. The number of nitrogens with zero attached hydrogens (tertiary/aromatic N) is 2. The van der Waals surface area contributed by atoms with Gasteiger partial charge in [-0.2, -0.15) is 0 Å². The van der Waals surface area contributed by atoms with Gasteiger partial charge in [0.1, 0.15) is 0 Å². The van der Waals surface area contributed by atoms with Gasteiger partial charge in [-0.05, 0) is 43.2 Å². The summed E-state index contributed by atoms with van der Waals surface area (Å²) >= 11 is 0. The fraction of sp³-hybridized carbons (Fsp3) is 0.471. The lowest BCUT2D eigenvalue weighted by Gasteiger charge is -2.25. The molecule has 2 unspecified atom stereocenters. The highest BCUT2D eigenvalue weighted by Crippen LogP contribution is 2.32. The molecule has 104 valence electrons. The first kappa shape index (κ1) is 12.2. The first-order chi connectivity index (χ1) is 9.90. The fourth-order valence-electron chi connectivity index (χ4n) is 3.94. The number of aromatic nitrogens is 2. The molecule has 1 heterocycles. The minimum absolute atomic E-state index is 0.584. The van der Waals surface area contributed by atoms with Gasteiger partial charge in [-0.3, -0.25) is 0 Å². The molecule has 0 spiro atoms. The molecule has 2 atom stereocenters. The molecule has 0 saturated heterocycles. The summed E-state index contributed by atoms with van der Waals surface area (Å²) in [7, 11) is 0. The summed E-state index contributed by atoms with van der Waals surface area (Å²) in [5.74, 6) is 0. The minimum atomic E-state index is 0.584. The average molecular weight is 267 g/mol. The van der Waals surface area contributed by atoms with Crippen LogP contribution in [0, 0.1) is 0 Å². The summed E-state index contributed by atoms with van der Waals surface area (Å²) in [5, 5.41) is 3.91. The second-order valence-corrected chi connectivity index (χ2v) is 6.16. The third-order valence-electron chi connectivity index (χ3n) is 4.89. The van der Waals surface area contributed by atoms with Crippen molar-refractivity contribution in [1.29, 1.82) is 0 Å². The standard InChI is InChI=1S/C17H21N3/c1-2-5-14-11-15(10-13(14)4-1)19-16-6-3-7-17(16)20-9-8-18-12-20/h1-2,4-5,8-9,12,15-17,19H,3,6-7,10-11H2. The normalized spacial score (nSPS) is 26.0. The molecule has 2 aliphatic rings. The second-order valence-electron chi connectivity index (χ2n) is 6.16. The Morgan fingerprint density at radius 1 is 1.10 bits per heavy atom. The maximum absolute atomic E-state index is 4.20. The van der Waals surface area contributed by atoms with Crippen LogP contribution in [0.1, 0.15) is 36.4 Å². The second kappa shape index (κ2) is 5.06. The van der Waals surface area contributed by atoms with Crippen LogP contribution in [0.15, 0.2) is 43.0 Å². The molecule has 2 aromatic rings. The minimum Gasteiger partial charge on any atom is -0.333 e. The first-order valence-corrected chi connectivity index (χ1v) is 7.70. The zero-order valence-electron chi connectivity index (χ0n) is 11.7. The molecule has 4 rings (SSSR count). The SMILES string of the molecule is c1ccc2c(c1)CC(NC1CCCC1n1ccnc1)C2. The van der Waals surface area contributed by atoms with Crippen molar-refractivity contribution in [3.8, 4) is 0 Å². The average Bonchev–Trinajstić information content (AvgIpc) is 3.18. The van der Waals surface area contributed by atoms with Gasteiger partial charge in [0.25, 0.3) is 0 Å². The molecule has 0 amide bonds. The molecular weight excluding hydrogens is 246 g/mol. The van der Waals surface area contributed by atoms with Crippen LogP contribution in [0.5, 0.6) is 0 Å². The number of fused-ring (bicyclic) bond motifs is 1. The number of benzene rings is 1. The molecule has 1 fully saturated rings. The van der Waals surface area contributed by atoms with Crippen LogP contribution in [0.3, 0.4) is 0 Å². The van der Waals surface area contributed by atoms with Gasteiger partial charge in [-0.25, -0.2) is 4.98 Å². The van der Waals surface area contributed by atoms with Gasteiger partial charge in [0, 0.05) is 30.5 Å². The number of hydrogen-bond acceptors (Lipinski definition) is 2. The maximum Gasteiger partial charge on any atom is 0.0949 e. The predicted molar refractivity (Wildman–Crippen MR) is 79.7 cm³/mol. The van der Waals surface area contributed by atoms with E-state index in [0.717, 1.165) is 0 Å². The van der Waals surface area contributed by atoms with E-state index in [-0.39, 0.29) is 0 Å². The third kappa shape index (κ3) is 2.16. The number of nitrogens with one attached hydrogen (secondary N) is 1. The fourth-order valence-corrected chi connectivity index (χ4v) is 3.94. The smallest absolute Gasteiger partial charge is 0.0949 e. The van der Waals surface area contributed by atoms with Crippen molar-refractivity contribution in [3.05, 3.63) is 54.1 Å². The van der Waals surface area contributed by atoms with Gasteiger partial charge in [0.2, 0.25) is 0 Å². The summed E-state index contributed by atoms with van der Waals surface area (Å²) in [6.07, 6.45) is 12.2. The molecule has 1 aromatic heterocycles. The van der Waals surface area contributed by atoms with Gasteiger partial charge < -0.3 is 9.88 Å². The Hall–Kier alpha value is -1.61.